The number of ketones is 1. The van der Waals surface area contributed by atoms with Gasteiger partial charge in [0.2, 0.25) is 5.82 Å². The molecular formula is C26H26N12O2. The molecule has 0 saturated carbocycles. The number of nitrogen functional groups attached to an aromatic ring is 1. The number of carbonyl (C=O) groups is 2. The topological polar surface area (TPSA) is 179 Å². The number of aryl methyl sites for hydroxylation is 1. The summed E-state index contributed by atoms with van der Waals surface area (Å²) in [5.74, 6) is 0.682. The highest BCUT2D eigenvalue weighted by atomic mass is 16.2. The monoisotopic (exact) mass is 538 g/mol. The number of fused-ring (bicyclic) bond motifs is 3. The smallest absolute Gasteiger partial charge is 0.292 e. The van der Waals surface area contributed by atoms with Crippen molar-refractivity contribution < 1.29 is 9.59 Å². The van der Waals surface area contributed by atoms with Crippen molar-refractivity contribution >= 4 is 23.2 Å². The molecule has 3 N–H and O–H groups in total. The molecule has 2 saturated heterocycles. The van der Waals surface area contributed by atoms with Gasteiger partial charge in [-0.1, -0.05) is 6.07 Å². The number of aromatic amines is 1. The fourth-order valence-electron chi connectivity index (χ4n) is 6.20. The first-order valence-corrected chi connectivity index (χ1v) is 13.1. The lowest BCUT2D eigenvalue weighted by Gasteiger charge is -2.38. The highest BCUT2D eigenvalue weighted by Crippen LogP contribution is 2.45. The van der Waals surface area contributed by atoms with Crippen molar-refractivity contribution in [1.29, 1.82) is 0 Å². The molecule has 0 aliphatic carbocycles. The van der Waals surface area contributed by atoms with E-state index < -0.39 is 0 Å². The summed E-state index contributed by atoms with van der Waals surface area (Å²) in [7, 11) is 1.80. The number of rotatable bonds is 5. The van der Waals surface area contributed by atoms with E-state index in [1.54, 1.807) is 30.5 Å². The zero-order valence-corrected chi connectivity index (χ0v) is 21.9. The summed E-state index contributed by atoms with van der Waals surface area (Å²) < 4.78 is 3.14. The fourth-order valence-corrected chi connectivity index (χ4v) is 6.20. The number of amides is 1. The Morgan fingerprint density at radius 1 is 1.10 bits per heavy atom. The Morgan fingerprint density at radius 2 is 1.90 bits per heavy atom. The number of Topliss-reactive ketones (excluding diaryl/α,β-unsaturated/α-hetero) is 1. The van der Waals surface area contributed by atoms with Crippen LogP contribution in [0.1, 0.15) is 65.2 Å². The molecule has 0 aromatic carbocycles. The second-order valence-corrected chi connectivity index (χ2v) is 10.4. The van der Waals surface area contributed by atoms with E-state index in [2.05, 4.69) is 35.3 Å². The van der Waals surface area contributed by atoms with Gasteiger partial charge in [0.1, 0.15) is 24.2 Å². The SMILES string of the molecule is CC(=O)c1c([C@H]2C[C@H]3CC[C@@H](C2)N3C(=O)c2nnc[nH]2)nc2c(-c3ccc(-c4ncn(C)n4)nc3)cnn2c1N. The molecule has 14 heteroatoms. The van der Waals surface area contributed by atoms with Crippen molar-refractivity contribution in [3.63, 3.8) is 0 Å². The standard InChI is InChI=1S/C26H26N12O2/c1-13(39)20-21(15-7-16-4-5-17(8-15)37(16)26(40)24-29-11-31-34-24)33-25-18(10-32-38(25)22(20)27)14-3-6-19(28-9-14)23-30-12-36(2)35-23/h3,6,9-12,15-17H,4-5,7-8,27H2,1-2H3,(H,29,31,34)/t15-,16+,17-. The number of nitrogens with zero attached hydrogens (tertiary/aromatic N) is 10. The van der Waals surface area contributed by atoms with Gasteiger partial charge in [0.25, 0.3) is 5.91 Å². The van der Waals surface area contributed by atoms with Crippen LogP contribution in [0.2, 0.25) is 0 Å². The van der Waals surface area contributed by atoms with E-state index in [0.717, 1.165) is 24.0 Å². The minimum absolute atomic E-state index is 0.0155. The Bertz CT molecular complexity index is 1740. The fraction of sp³-hybridized carbons (Fsp3) is 0.346. The van der Waals surface area contributed by atoms with Crippen molar-refractivity contribution in [2.45, 2.75) is 50.6 Å². The Balaban J connectivity index is 1.26. The van der Waals surface area contributed by atoms with Crippen molar-refractivity contribution in [3.05, 3.63) is 54.3 Å². The third kappa shape index (κ3) is 3.74. The van der Waals surface area contributed by atoms with E-state index >= 15 is 0 Å². The molecule has 5 aromatic rings. The summed E-state index contributed by atoms with van der Waals surface area (Å²) in [6, 6.07) is 3.80. The number of carbonyl (C=O) groups excluding carboxylic acids is 2. The van der Waals surface area contributed by atoms with Crippen molar-refractivity contribution in [2.24, 2.45) is 7.05 Å². The van der Waals surface area contributed by atoms with Gasteiger partial charge in [0, 0.05) is 42.4 Å². The molecular weight excluding hydrogens is 512 g/mol. The summed E-state index contributed by atoms with van der Waals surface area (Å²) in [6.07, 6.45) is 9.57. The second kappa shape index (κ2) is 9.03. The Kier molecular flexibility index (Phi) is 5.43. The summed E-state index contributed by atoms with van der Waals surface area (Å²) >= 11 is 0. The quantitative estimate of drug-likeness (QED) is 0.315. The van der Waals surface area contributed by atoms with E-state index in [4.69, 9.17) is 10.7 Å². The average molecular weight is 539 g/mol. The first-order valence-electron chi connectivity index (χ1n) is 13.1. The number of nitrogens with one attached hydrogen (secondary N) is 1. The van der Waals surface area contributed by atoms with E-state index in [1.165, 1.54) is 17.8 Å². The van der Waals surface area contributed by atoms with Gasteiger partial charge in [-0.25, -0.2) is 9.97 Å². The van der Waals surface area contributed by atoms with Gasteiger partial charge in [-0.05, 0) is 38.7 Å². The molecule has 3 atom stereocenters. The summed E-state index contributed by atoms with van der Waals surface area (Å²) in [5, 5.41) is 16.4. The predicted molar refractivity (Wildman–Crippen MR) is 142 cm³/mol. The van der Waals surface area contributed by atoms with Crippen LogP contribution in [-0.4, -0.2) is 78.2 Å². The van der Waals surface area contributed by atoms with Gasteiger partial charge >= 0.3 is 0 Å². The minimum Gasteiger partial charge on any atom is -0.383 e. The molecule has 0 spiro atoms. The van der Waals surface area contributed by atoms with Crippen LogP contribution in [0.5, 0.6) is 0 Å². The van der Waals surface area contributed by atoms with Gasteiger partial charge in [-0.15, -0.1) is 15.3 Å². The Hall–Kier alpha value is -5.01. The molecule has 7 heterocycles. The van der Waals surface area contributed by atoms with Crippen LogP contribution < -0.4 is 5.73 Å². The molecule has 2 bridgehead atoms. The van der Waals surface area contributed by atoms with E-state index in [9.17, 15) is 9.59 Å². The molecule has 2 aliphatic heterocycles. The van der Waals surface area contributed by atoms with Crippen LogP contribution >= 0.6 is 0 Å². The van der Waals surface area contributed by atoms with Gasteiger partial charge in [0.15, 0.2) is 17.3 Å². The number of piperidine rings is 1. The lowest BCUT2D eigenvalue weighted by atomic mass is 9.85. The van der Waals surface area contributed by atoms with Gasteiger partial charge in [-0.2, -0.15) is 9.61 Å². The number of hydrogen-bond acceptors (Lipinski definition) is 10. The number of pyridine rings is 1. The van der Waals surface area contributed by atoms with Crippen LogP contribution in [0.3, 0.4) is 0 Å². The molecule has 0 radical (unpaired) electrons. The molecule has 2 aliphatic rings. The van der Waals surface area contributed by atoms with Crippen molar-refractivity contribution in [3.8, 4) is 22.6 Å². The van der Waals surface area contributed by atoms with Crippen LogP contribution in [0, 0.1) is 0 Å². The number of nitrogens with two attached hydrogens (primary N) is 1. The normalized spacial score (nSPS) is 20.4. The van der Waals surface area contributed by atoms with Crippen LogP contribution in [0.25, 0.3) is 28.3 Å². The molecule has 0 unspecified atom stereocenters. The predicted octanol–water partition coefficient (Wildman–Crippen LogP) is 2.04. The van der Waals surface area contributed by atoms with Crippen molar-refractivity contribution in [2.75, 3.05) is 5.73 Å². The van der Waals surface area contributed by atoms with Gasteiger partial charge in [-0.3, -0.25) is 19.3 Å². The average Bonchev–Trinajstić information content (AvgIpc) is 3.75. The van der Waals surface area contributed by atoms with Crippen LogP contribution in [-0.2, 0) is 7.05 Å². The molecule has 40 heavy (non-hydrogen) atoms. The lowest BCUT2D eigenvalue weighted by Crippen LogP contribution is -2.46. The molecule has 1 amide bonds. The van der Waals surface area contributed by atoms with Crippen molar-refractivity contribution in [1.82, 2.24) is 54.4 Å². The van der Waals surface area contributed by atoms with E-state index in [0.29, 0.717) is 41.3 Å². The molecule has 202 valence electrons. The van der Waals surface area contributed by atoms with E-state index in [-0.39, 0.29) is 41.3 Å². The zero-order valence-electron chi connectivity index (χ0n) is 21.9. The Morgan fingerprint density at radius 3 is 2.52 bits per heavy atom. The summed E-state index contributed by atoms with van der Waals surface area (Å²) in [5.41, 5.74) is 10.4. The maximum Gasteiger partial charge on any atom is 0.292 e. The minimum atomic E-state index is -0.166. The first kappa shape index (κ1) is 24.1. The third-order valence-corrected chi connectivity index (χ3v) is 7.94. The number of H-pyrrole nitrogens is 1. The molecule has 5 aromatic heterocycles. The summed E-state index contributed by atoms with van der Waals surface area (Å²) in [6.45, 7) is 1.50. The Labute approximate surface area is 227 Å². The van der Waals surface area contributed by atoms with Crippen LogP contribution in [0.4, 0.5) is 5.82 Å². The van der Waals surface area contributed by atoms with Gasteiger partial charge in [0.05, 0.1) is 17.5 Å². The molecule has 2 fully saturated rings. The third-order valence-electron chi connectivity index (χ3n) is 7.94. The van der Waals surface area contributed by atoms with Crippen LogP contribution in [0.15, 0.2) is 37.2 Å². The number of hydrogen-bond donors (Lipinski definition) is 2. The first-order chi connectivity index (χ1) is 19.4. The summed E-state index contributed by atoms with van der Waals surface area (Å²) in [4.78, 5) is 44.6. The maximum atomic E-state index is 13.1. The zero-order chi connectivity index (χ0) is 27.5. The van der Waals surface area contributed by atoms with Gasteiger partial charge < -0.3 is 15.6 Å². The highest BCUT2D eigenvalue weighted by molar-refractivity contribution is 6.00. The lowest BCUT2D eigenvalue weighted by molar-refractivity contribution is 0.0556. The number of anilines is 1. The largest absolute Gasteiger partial charge is 0.383 e. The molecule has 7 rings (SSSR count). The number of aromatic nitrogens is 10. The molecule has 14 nitrogen and oxygen atoms in total. The second-order valence-electron chi connectivity index (χ2n) is 10.4. The maximum absolute atomic E-state index is 13.1. The van der Waals surface area contributed by atoms with E-state index in [1.807, 2.05) is 17.0 Å². The highest BCUT2D eigenvalue weighted by Gasteiger charge is 2.45.